The summed E-state index contributed by atoms with van der Waals surface area (Å²) in [4.78, 5) is 28.8. The molecule has 3 aromatic carbocycles. The highest BCUT2D eigenvalue weighted by Crippen LogP contribution is 2.27. The number of nitrogens with one attached hydrogen (secondary N) is 1. The topological polar surface area (TPSA) is 67.2 Å². The van der Waals surface area contributed by atoms with E-state index in [-0.39, 0.29) is 23.8 Å². The van der Waals surface area contributed by atoms with E-state index >= 15 is 0 Å². The number of hydrogen-bond donors (Lipinski definition) is 1. The third-order valence-electron chi connectivity index (χ3n) is 6.76. The number of rotatable bonds is 9. The fraction of sp³-hybridized carbons (Fsp3) is 0.344. The molecule has 6 nitrogen and oxygen atoms in total. The number of aromatic nitrogens is 2. The minimum absolute atomic E-state index is 0.0322. The number of hydrogen-bond acceptors (Lipinski definition) is 3. The monoisotopic (exact) mass is 510 g/mol. The van der Waals surface area contributed by atoms with Crippen LogP contribution in [0.25, 0.3) is 16.5 Å². The van der Waals surface area contributed by atoms with Crippen LogP contribution in [0.1, 0.15) is 68.6 Å². The molecule has 38 heavy (non-hydrogen) atoms. The number of benzene rings is 3. The largest absolute Gasteiger partial charge is 0.329 e. The summed E-state index contributed by atoms with van der Waals surface area (Å²) in [5.74, 6) is 0.224. The van der Waals surface area contributed by atoms with Crippen molar-refractivity contribution >= 4 is 28.4 Å². The van der Waals surface area contributed by atoms with Crippen molar-refractivity contribution in [1.82, 2.24) is 14.7 Å². The summed E-state index contributed by atoms with van der Waals surface area (Å²) in [6.45, 7) is 10.9. The number of para-hydroxylation sites is 1. The van der Waals surface area contributed by atoms with Crippen LogP contribution in [0, 0.1) is 6.92 Å². The van der Waals surface area contributed by atoms with Gasteiger partial charge in [0.15, 0.2) is 0 Å². The molecule has 0 radical (unpaired) electrons. The van der Waals surface area contributed by atoms with Crippen molar-refractivity contribution in [3.63, 3.8) is 0 Å². The van der Waals surface area contributed by atoms with Gasteiger partial charge in [0.05, 0.1) is 11.4 Å². The summed E-state index contributed by atoms with van der Waals surface area (Å²) in [6.07, 6.45) is 2.87. The lowest BCUT2D eigenvalue weighted by molar-refractivity contribution is -0.117. The number of nitrogens with zero attached hydrogens (tertiary/aromatic N) is 3. The van der Waals surface area contributed by atoms with Gasteiger partial charge in [0, 0.05) is 23.6 Å². The van der Waals surface area contributed by atoms with Gasteiger partial charge in [0.1, 0.15) is 12.4 Å². The van der Waals surface area contributed by atoms with Crippen molar-refractivity contribution in [2.75, 3.05) is 18.4 Å². The van der Waals surface area contributed by atoms with Crippen LogP contribution in [0.2, 0.25) is 0 Å². The maximum atomic E-state index is 13.7. The van der Waals surface area contributed by atoms with Crippen LogP contribution in [0.3, 0.4) is 0 Å². The average molecular weight is 511 g/mol. The molecule has 0 spiro atoms. The van der Waals surface area contributed by atoms with E-state index < -0.39 is 0 Å². The number of anilines is 1. The Labute approximate surface area is 225 Å². The quantitative estimate of drug-likeness (QED) is 0.249. The zero-order chi connectivity index (χ0) is 27.3. The molecule has 198 valence electrons. The summed E-state index contributed by atoms with van der Waals surface area (Å²) < 4.78 is 1.79. The molecular weight excluding hydrogens is 472 g/mol. The minimum atomic E-state index is -0.245. The van der Waals surface area contributed by atoms with Crippen LogP contribution in [0.4, 0.5) is 5.82 Å². The van der Waals surface area contributed by atoms with Gasteiger partial charge in [-0.1, -0.05) is 95.1 Å². The molecule has 1 N–H and O–H groups in total. The first-order chi connectivity index (χ1) is 18.2. The summed E-state index contributed by atoms with van der Waals surface area (Å²) in [5, 5.41) is 9.81. The second-order valence-corrected chi connectivity index (χ2v) is 10.9. The summed E-state index contributed by atoms with van der Waals surface area (Å²) in [6, 6.07) is 23.5. The van der Waals surface area contributed by atoms with Gasteiger partial charge in [0.2, 0.25) is 5.91 Å². The Kier molecular flexibility index (Phi) is 8.30. The van der Waals surface area contributed by atoms with Crippen LogP contribution < -0.4 is 5.32 Å². The molecule has 1 aromatic heterocycles. The highest BCUT2D eigenvalue weighted by molar-refractivity contribution is 6.08. The molecule has 2 amide bonds. The Hall–Kier alpha value is -3.93. The van der Waals surface area contributed by atoms with Crippen molar-refractivity contribution < 1.29 is 9.59 Å². The molecule has 0 bridgehead atoms. The van der Waals surface area contributed by atoms with Gasteiger partial charge < -0.3 is 10.2 Å². The molecular formula is C32H38N4O2. The fourth-order valence-corrected chi connectivity index (χ4v) is 4.56. The van der Waals surface area contributed by atoms with Crippen molar-refractivity contribution in [1.29, 1.82) is 0 Å². The number of fused-ring (bicyclic) bond motifs is 1. The van der Waals surface area contributed by atoms with Gasteiger partial charge in [0.25, 0.3) is 5.91 Å². The first kappa shape index (κ1) is 27.1. The van der Waals surface area contributed by atoms with Gasteiger partial charge in [-0.2, -0.15) is 5.10 Å². The SMILES string of the molecule is CCCCCN(CC(=O)Nc1cc(C(C)(C)C)nn1-c1ccccc1C)C(=O)c1cccc2ccccc12. The second kappa shape index (κ2) is 11.6. The first-order valence-electron chi connectivity index (χ1n) is 13.4. The minimum Gasteiger partial charge on any atom is -0.329 e. The first-order valence-corrected chi connectivity index (χ1v) is 13.4. The molecule has 0 aliphatic carbocycles. The molecule has 1 heterocycles. The summed E-state index contributed by atoms with van der Waals surface area (Å²) in [5.41, 5.74) is 3.27. The Morgan fingerprint density at radius 3 is 2.39 bits per heavy atom. The smallest absolute Gasteiger partial charge is 0.254 e. The van der Waals surface area contributed by atoms with E-state index in [2.05, 4.69) is 33.0 Å². The number of unbranched alkanes of at least 4 members (excludes halogenated alkanes) is 2. The van der Waals surface area contributed by atoms with Crippen molar-refractivity contribution in [3.8, 4) is 5.69 Å². The molecule has 4 rings (SSSR count). The normalized spacial score (nSPS) is 11.5. The molecule has 0 saturated heterocycles. The van der Waals surface area contributed by atoms with E-state index in [0.717, 1.165) is 47.0 Å². The molecule has 0 atom stereocenters. The van der Waals surface area contributed by atoms with Crippen LogP contribution in [0.15, 0.2) is 72.8 Å². The highest BCUT2D eigenvalue weighted by Gasteiger charge is 2.24. The van der Waals surface area contributed by atoms with Gasteiger partial charge in [-0.05, 0) is 41.8 Å². The van der Waals surface area contributed by atoms with Gasteiger partial charge in [-0.3, -0.25) is 9.59 Å². The standard InChI is InChI=1S/C32H38N4O2/c1-6-7-12-20-35(31(38)26-18-13-16-24-15-9-10-17-25(24)26)22-30(37)33-29-21-28(32(3,4)5)34-36(29)27-19-11-8-14-23(27)2/h8-11,13-19,21H,6-7,12,20,22H2,1-5H3,(H,33,37). The summed E-state index contributed by atoms with van der Waals surface area (Å²) in [7, 11) is 0. The highest BCUT2D eigenvalue weighted by atomic mass is 16.2. The van der Waals surface area contributed by atoms with Crippen LogP contribution in [-0.2, 0) is 10.2 Å². The molecule has 6 heteroatoms. The van der Waals surface area contributed by atoms with E-state index in [4.69, 9.17) is 5.10 Å². The van der Waals surface area contributed by atoms with Crippen molar-refractivity contribution in [3.05, 3.63) is 89.6 Å². The zero-order valence-corrected chi connectivity index (χ0v) is 23.1. The lowest BCUT2D eigenvalue weighted by atomic mass is 9.92. The van der Waals surface area contributed by atoms with Crippen LogP contribution in [-0.4, -0.2) is 39.6 Å². The fourth-order valence-electron chi connectivity index (χ4n) is 4.56. The predicted octanol–water partition coefficient (Wildman–Crippen LogP) is 6.90. The van der Waals surface area contributed by atoms with Gasteiger partial charge >= 0.3 is 0 Å². The number of aryl methyl sites for hydroxylation is 1. The van der Waals surface area contributed by atoms with Gasteiger partial charge in [-0.25, -0.2) is 4.68 Å². The maximum absolute atomic E-state index is 13.7. The number of carbonyl (C=O) groups is 2. The van der Waals surface area contributed by atoms with Crippen molar-refractivity contribution in [2.24, 2.45) is 0 Å². The Balaban J connectivity index is 1.62. The molecule has 4 aromatic rings. The van der Waals surface area contributed by atoms with Gasteiger partial charge in [-0.15, -0.1) is 0 Å². The maximum Gasteiger partial charge on any atom is 0.254 e. The molecule has 0 unspecified atom stereocenters. The van der Waals surface area contributed by atoms with E-state index in [1.165, 1.54) is 0 Å². The third kappa shape index (κ3) is 6.13. The van der Waals surface area contributed by atoms with E-state index in [1.54, 1.807) is 9.58 Å². The van der Waals surface area contributed by atoms with Crippen LogP contribution >= 0.6 is 0 Å². The Morgan fingerprint density at radius 1 is 0.947 bits per heavy atom. The zero-order valence-electron chi connectivity index (χ0n) is 23.1. The molecule has 0 aliphatic heterocycles. The van der Waals surface area contributed by atoms with E-state index in [0.29, 0.717) is 17.9 Å². The average Bonchev–Trinajstić information content (AvgIpc) is 3.31. The molecule has 0 fully saturated rings. The van der Waals surface area contributed by atoms with Crippen LogP contribution in [0.5, 0.6) is 0 Å². The van der Waals surface area contributed by atoms with E-state index in [9.17, 15) is 9.59 Å². The third-order valence-corrected chi connectivity index (χ3v) is 6.76. The number of amides is 2. The second-order valence-electron chi connectivity index (χ2n) is 10.9. The lowest BCUT2D eigenvalue weighted by Crippen LogP contribution is -2.39. The lowest BCUT2D eigenvalue weighted by Gasteiger charge is -2.23. The number of carbonyl (C=O) groups excluding carboxylic acids is 2. The molecule has 0 aliphatic rings. The summed E-state index contributed by atoms with van der Waals surface area (Å²) >= 11 is 0. The Morgan fingerprint density at radius 2 is 1.66 bits per heavy atom. The molecule has 0 saturated carbocycles. The Bertz CT molecular complexity index is 1430. The predicted molar refractivity (Wildman–Crippen MR) is 155 cm³/mol. The van der Waals surface area contributed by atoms with E-state index in [1.807, 2.05) is 79.7 Å². The van der Waals surface area contributed by atoms with Crippen molar-refractivity contribution in [2.45, 2.75) is 59.3 Å².